The molecule has 0 unspecified atom stereocenters. The van der Waals surface area contributed by atoms with Crippen molar-refractivity contribution in [1.82, 2.24) is 24.8 Å². The van der Waals surface area contributed by atoms with E-state index in [1.54, 1.807) is 6.20 Å². The average molecular weight is 352 g/mol. The van der Waals surface area contributed by atoms with Gasteiger partial charge in [-0.3, -0.25) is 9.36 Å². The lowest BCUT2D eigenvalue weighted by atomic mass is 10.3. The van der Waals surface area contributed by atoms with Crippen LogP contribution in [-0.4, -0.2) is 45.1 Å². The van der Waals surface area contributed by atoms with Gasteiger partial charge in [0.15, 0.2) is 6.61 Å². The highest BCUT2D eigenvalue weighted by atomic mass is 16.5. The highest BCUT2D eigenvalue weighted by molar-refractivity contribution is 5.77. The Labute approximate surface area is 151 Å². The van der Waals surface area contributed by atoms with E-state index in [2.05, 4.69) is 25.6 Å². The normalized spacial score (nSPS) is 10.3. The van der Waals surface area contributed by atoms with Crippen molar-refractivity contribution < 1.29 is 9.53 Å². The Kier molecular flexibility index (Phi) is 5.76. The van der Waals surface area contributed by atoms with Gasteiger partial charge >= 0.3 is 0 Å². The second-order valence-corrected chi connectivity index (χ2v) is 5.48. The van der Waals surface area contributed by atoms with Crippen LogP contribution in [0.2, 0.25) is 0 Å². The number of nitrogens with one attached hydrogen (secondary N) is 2. The van der Waals surface area contributed by atoms with Gasteiger partial charge in [0.1, 0.15) is 29.5 Å². The standard InChI is InChI=1S/C18H20N6O2/c1-14-19-9-10-24(14)17-11-16(22-13-23-17)20-7-8-21-18(25)12-26-15-5-3-2-4-6-15/h2-6,9-11,13H,7-8,12H2,1H3,(H,21,25)(H,20,22,23). The van der Waals surface area contributed by atoms with E-state index in [0.29, 0.717) is 24.7 Å². The van der Waals surface area contributed by atoms with E-state index in [1.165, 1.54) is 6.33 Å². The van der Waals surface area contributed by atoms with E-state index < -0.39 is 0 Å². The van der Waals surface area contributed by atoms with Gasteiger partial charge in [0.2, 0.25) is 0 Å². The summed E-state index contributed by atoms with van der Waals surface area (Å²) in [5, 5.41) is 5.94. The number of amides is 1. The fourth-order valence-corrected chi connectivity index (χ4v) is 2.30. The maximum atomic E-state index is 11.8. The van der Waals surface area contributed by atoms with Gasteiger partial charge < -0.3 is 15.4 Å². The van der Waals surface area contributed by atoms with Gasteiger partial charge in [-0.15, -0.1) is 0 Å². The lowest BCUT2D eigenvalue weighted by molar-refractivity contribution is -0.123. The topological polar surface area (TPSA) is 94.0 Å². The molecular formula is C18H20N6O2. The number of aryl methyl sites for hydroxylation is 1. The number of aromatic nitrogens is 4. The molecule has 2 aromatic heterocycles. The third-order valence-electron chi connectivity index (χ3n) is 3.59. The molecular weight excluding hydrogens is 332 g/mol. The predicted molar refractivity (Wildman–Crippen MR) is 97.3 cm³/mol. The van der Waals surface area contributed by atoms with Crippen molar-refractivity contribution in [2.75, 3.05) is 25.0 Å². The minimum absolute atomic E-state index is 0.0123. The molecule has 3 aromatic rings. The molecule has 0 aliphatic heterocycles. The van der Waals surface area contributed by atoms with Crippen molar-refractivity contribution in [3.05, 3.63) is 60.9 Å². The molecule has 8 nitrogen and oxygen atoms in total. The van der Waals surface area contributed by atoms with Gasteiger partial charge in [-0.2, -0.15) is 0 Å². The largest absolute Gasteiger partial charge is 0.484 e. The van der Waals surface area contributed by atoms with Gasteiger partial charge in [-0.05, 0) is 19.1 Å². The van der Waals surface area contributed by atoms with Crippen LogP contribution in [0.3, 0.4) is 0 Å². The molecule has 0 atom stereocenters. The van der Waals surface area contributed by atoms with Gasteiger partial charge in [0, 0.05) is 31.5 Å². The van der Waals surface area contributed by atoms with Crippen LogP contribution in [0, 0.1) is 6.92 Å². The zero-order valence-corrected chi connectivity index (χ0v) is 14.4. The summed E-state index contributed by atoms with van der Waals surface area (Å²) < 4.78 is 7.26. The quantitative estimate of drug-likeness (QED) is 0.598. The Morgan fingerprint density at radius 3 is 2.77 bits per heavy atom. The van der Waals surface area contributed by atoms with Crippen LogP contribution in [-0.2, 0) is 4.79 Å². The monoisotopic (exact) mass is 352 g/mol. The first-order valence-corrected chi connectivity index (χ1v) is 8.23. The van der Waals surface area contributed by atoms with E-state index >= 15 is 0 Å². The van der Waals surface area contributed by atoms with E-state index in [-0.39, 0.29) is 12.5 Å². The van der Waals surface area contributed by atoms with E-state index in [4.69, 9.17) is 4.74 Å². The SMILES string of the molecule is Cc1nccn1-c1cc(NCCNC(=O)COc2ccccc2)ncn1. The minimum atomic E-state index is -0.173. The first-order valence-electron chi connectivity index (χ1n) is 8.23. The zero-order valence-electron chi connectivity index (χ0n) is 14.4. The molecule has 26 heavy (non-hydrogen) atoms. The maximum absolute atomic E-state index is 11.8. The number of carbonyl (C=O) groups excluding carboxylic acids is 1. The van der Waals surface area contributed by atoms with Crippen LogP contribution in [0.25, 0.3) is 5.82 Å². The fraction of sp³-hybridized carbons (Fsp3) is 0.222. The molecule has 2 heterocycles. The van der Waals surface area contributed by atoms with Crippen molar-refractivity contribution in [3.8, 4) is 11.6 Å². The predicted octanol–water partition coefficient (Wildman–Crippen LogP) is 1.58. The van der Waals surface area contributed by atoms with Crippen molar-refractivity contribution in [2.45, 2.75) is 6.92 Å². The molecule has 0 fully saturated rings. The Morgan fingerprint density at radius 1 is 1.15 bits per heavy atom. The average Bonchev–Trinajstić information content (AvgIpc) is 3.11. The van der Waals surface area contributed by atoms with Gasteiger partial charge in [-0.25, -0.2) is 15.0 Å². The summed E-state index contributed by atoms with van der Waals surface area (Å²) >= 11 is 0. The smallest absolute Gasteiger partial charge is 0.258 e. The summed E-state index contributed by atoms with van der Waals surface area (Å²) in [7, 11) is 0. The summed E-state index contributed by atoms with van der Waals surface area (Å²) in [5.41, 5.74) is 0. The van der Waals surface area contributed by atoms with Crippen LogP contribution in [0.15, 0.2) is 55.1 Å². The number of para-hydroxylation sites is 1. The highest BCUT2D eigenvalue weighted by Gasteiger charge is 2.05. The number of benzene rings is 1. The van der Waals surface area contributed by atoms with E-state index in [9.17, 15) is 4.79 Å². The number of imidazole rings is 1. The molecule has 8 heteroatoms. The van der Waals surface area contributed by atoms with Crippen LogP contribution >= 0.6 is 0 Å². The van der Waals surface area contributed by atoms with E-state index in [1.807, 2.05) is 54.1 Å². The fourth-order valence-electron chi connectivity index (χ4n) is 2.30. The number of rotatable bonds is 8. The van der Waals surface area contributed by atoms with Crippen molar-refractivity contribution in [1.29, 1.82) is 0 Å². The van der Waals surface area contributed by atoms with Crippen molar-refractivity contribution in [2.24, 2.45) is 0 Å². The summed E-state index contributed by atoms with van der Waals surface area (Å²) in [6.07, 6.45) is 5.05. The highest BCUT2D eigenvalue weighted by Crippen LogP contribution is 2.10. The molecule has 1 amide bonds. The molecule has 3 rings (SSSR count). The molecule has 0 saturated heterocycles. The number of carbonyl (C=O) groups is 1. The summed E-state index contributed by atoms with van der Waals surface area (Å²) in [5.74, 6) is 2.76. The number of ether oxygens (including phenoxy) is 1. The number of nitrogens with zero attached hydrogens (tertiary/aromatic N) is 4. The molecule has 0 bridgehead atoms. The first-order chi connectivity index (χ1) is 12.7. The Hall–Kier alpha value is -3.42. The van der Waals surface area contributed by atoms with Gasteiger partial charge in [0.25, 0.3) is 5.91 Å². The molecule has 0 radical (unpaired) electrons. The van der Waals surface area contributed by atoms with Crippen LogP contribution in [0.5, 0.6) is 5.75 Å². The molecule has 134 valence electrons. The number of hydrogen-bond donors (Lipinski definition) is 2. The lowest BCUT2D eigenvalue weighted by Gasteiger charge is -2.10. The Morgan fingerprint density at radius 2 is 2.00 bits per heavy atom. The van der Waals surface area contributed by atoms with Crippen LogP contribution in [0.4, 0.5) is 5.82 Å². The summed E-state index contributed by atoms with van der Waals surface area (Å²) in [6, 6.07) is 11.1. The minimum Gasteiger partial charge on any atom is -0.484 e. The number of anilines is 1. The number of hydrogen-bond acceptors (Lipinski definition) is 6. The summed E-state index contributed by atoms with van der Waals surface area (Å²) in [4.78, 5) is 24.4. The molecule has 0 aliphatic rings. The third-order valence-corrected chi connectivity index (χ3v) is 3.59. The van der Waals surface area contributed by atoms with Crippen LogP contribution < -0.4 is 15.4 Å². The lowest BCUT2D eigenvalue weighted by Crippen LogP contribution is -2.32. The van der Waals surface area contributed by atoms with Crippen molar-refractivity contribution in [3.63, 3.8) is 0 Å². The zero-order chi connectivity index (χ0) is 18.2. The van der Waals surface area contributed by atoms with E-state index in [0.717, 1.165) is 11.6 Å². The third kappa shape index (κ3) is 4.79. The Bertz CT molecular complexity index is 850. The van der Waals surface area contributed by atoms with Crippen LogP contribution in [0.1, 0.15) is 5.82 Å². The molecule has 2 N–H and O–H groups in total. The Balaban J connectivity index is 1.41. The maximum Gasteiger partial charge on any atom is 0.258 e. The molecule has 0 aliphatic carbocycles. The van der Waals surface area contributed by atoms with Gasteiger partial charge in [-0.1, -0.05) is 18.2 Å². The second kappa shape index (κ2) is 8.61. The second-order valence-electron chi connectivity index (χ2n) is 5.48. The first kappa shape index (κ1) is 17.4. The summed E-state index contributed by atoms with van der Waals surface area (Å²) in [6.45, 7) is 2.89. The molecule has 0 spiro atoms. The molecule has 1 aromatic carbocycles. The van der Waals surface area contributed by atoms with Crippen molar-refractivity contribution >= 4 is 11.7 Å². The molecule has 0 saturated carbocycles. The van der Waals surface area contributed by atoms with Gasteiger partial charge in [0.05, 0.1) is 0 Å².